The molecule has 0 amide bonds. The van der Waals surface area contributed by atoms with E-state index in [-0.39, 0.29) is 18.3 Å². The van der Waals surface area contributed by atoms with Crippen molar-refractivity contribution in [3.05, 3.63) is 191 Å². The van der Waals surface area contributed by atoms with Gasteiger partial charge in [-0.15, -0.1) is 0 Å². The van der Waals surface area contributed by atoms with E-state index in [9.17, 15) is 5.11 Å². The third kappa shape index (κ3) is 11.7. The van der Waals surface area contributed by atoms with Gasteiger partial charge in [0.05, 0.1) is 70.2 Å². The minimum atomic E-state index is -0.936. The fourth-order valence-corrected chi connectivity index (χ4v) is 9.27. The number of aliphatic hydroxyl groups is 1. The summed E-state index contributed by atoms with van der Waals surface area (Å²) in [6.07, 6.45) is 8.16. The largest absolute Gasteiger partial charge is 0.386 e. The van der Waals surface area contributed by atoms with Gasteiger partial charge in [-0.25, -0.2) is 0 Å². The second kappa shape index (κ2) is 22.3. The molecule has 334 valence electrons. The van der Waals surface area contributed by atoms with E-state index in [1.54, 1.807) is 6.08 Å². The highest BCUT2D eigenvalue weighted by Crippen LogP contribution is 2.36. The van der Waals surface area contributed by atoms with Crippen molar-refractivity contribution in [3.63, 3.8) is 0 Å². The van der Waals surface area contributed by atoms with Crippen molar-refractivity contribution in [2.75, 3.05) is 13.2 Å². The van der Waals surface area contributed by atoms with Gasteiger partial charge in [0.25, 0.3) is 0 Å². The molecule has 0 spiro atoms. The second-order valence-electron chi connectivity index (χ2n) is 17.0. The van der Waals surface area contributed by atoms with Crippen LogP contribution in [0.3, 0.4) is 0 Å². The number of hydrogen-bond donors (Lipinski definition) is 1. The Hall–Kier alpha value is -4.30. The number of ether oxygens (including phenoxy) is 8. The molecule has 0 aliphatic carbocycles. The minimum absolute atomic E-state index is 0.289. The molecule has 5 aromatic carbocycles. The Morgan fingerprint density at radius 1 is 0.547 bits per heavy atom. The Labute approximate surface area is 384 Å². The van der Waals surface area contributed by atoms with Crippen molar-refractivity contribution >= 4 is 26.7 Å². The lowest BCUT2D eigenvalue weighted by Gasteiger charge is -2.47. The molecule has 4 aliphatic rings. The van der Waals surface area contributed by atoms with Crippen LogP contribution in [0, 0.1) is 0 Å². The van der Waals surface area contributed by atoms with Crippen molar-refractivity contribution in [2.45, 2.75) is 113 Å². The summed E-state index contributed by atoms with van der Waals surface area (Å²) in [6.45, 7) is 2.32. The molecule has 64 heavy (non-hydrogen) atoms. The summed E-state index contributed by atoms with van der Waals surface area (Å²) in [7, 11) is 0. The minimum Gasteiger partial charge on any atom is -0.386 e. The molecule has 5 aromatic rings. The fraction of sp³-hybridized carbons (Fsp3) is 0.370. The van der Waals surface area contributed by atoms with Crippen molar-refractivity contribution in [1.82, 2.24) is 0 Å². The SMILES string of the molecule is OC1C=C[C@@H]2O[C@H](COCc3ccccc3)[C@@H](OCc3ccccc3)/C=C\C[C@H]2O[C@@H]1C[C@H]1O[C@H]2CC=CCO[C@@H]2[C@@H](OCc2ccc(Br)cc2)[C@@H]1OCc1ccc2ccccc2c1. The van der Waals surface area contributed by atoms with E-state index in [1.165, 1.54) is 5.39 Å². The van der Waals surface area contributed by atoms with Crippen LogP contribution in [0.2, 0.25) is 0 Å². The number of aliphatic hydroxyl groups excluding tert-OH is 1. The molecule has 4 heterocycles. The number of hydrogen-bond acceptors (Lipinski definition) is 9. The summed E-state index contributed by atoms with van der Waals surface area (Å²) in [4.78, 5) is 0. The topological polar surface area (TPSA) is 94.1 Å². The molecule has 11 atom stereocenters. The first kappa shape index (κ1) is 44.9. The van der Waals surface area contributed by atoms with Crippen LogP contribution < -0.4 is 0 Å². The van der Waals surface area contributed by atoms with Gasteiger partial charge in [-0.3, -0.25) is 0 Å². The fourth-order valence-electron chi connectivity index (χ4n) is 9.00. The molecule has 10 heteroatoms. The Morgan fingerprint density at radius 3 is 2.02 bits per heavy atom. The quantitative estimate of drug-likeness (QED) is 0.103. The predicted molar refractivity (Wildman–Crippen MR) is 249 cm³/mol. The molecule has 4 aliphatic heterocycles. The zero-order chi connectivity index (χ0) is 43.5. The Morgan fingerprint density at radius 2 is 1.20 bits per heavy atom. The molecule has 9 nitrogen and oxygen atoms in total. The van der Waals surface area contributed by atoms with Crippen LogP contribution in [0.15, 0.2) is 168 Å². The highest BCUT2D eigenvalue weighted by molar-refractivity contribution is 9.10. The lowest BCUT2D eigenvalue weighted by molar-refractivity contribution is -0.266. The van der Waals surface area contributed by atoms with Gasteiger partial charge in [0.2, 0.25) is 0 Å². The lowest BCUT2D eigenvalue weighted by Crippen LogP contribution is -2.60. The maximum atomic E-state index is 11.9. The van der Waals surface area contributed by atoms with Gasteiger partial charge in [-0.05, 0) is 64.1 Å². The summed E-state index contributed by atoms with van der Waals surface area (Å²) in [5, 5.41) is 14.2. The molecule has 1 unspecified atom stereocenters. The number of fused-ring (bicyclic) bond motifs is 3. The van der Waals surface area contributed by atoms with Gasteiger partial charge in [0, 0.05) is 10.9 Å². The molecule has 0 aromatic heterocycles. The molecular weight excluding hydrogens is 872 g/mol. The van der Waals surface area contributed by atoms with Crippen LogP contribution >= 0.6 is 15.9 Å². The van der Waals surface area contributed by atoms with Gasteiger partial charge < -0.3 is 43.0 Å². The average molecular weight is 930 g/mol. The predicted octanol–water partition coefficient (Wildman–Crippen LogP) is 9.78. The van der Waals surface area contributed by atoms with E-state index < -0.39 is 48.8 Å². The van der Waals surface area contributed by atoms with Crippen LogP contribution in [0.1, 0.15) is 41.5 Å². The van der Waals surface area contributed by atoms with Crippen LogP contribution in [0.25, 0.3) is 10.8 Å². The third-order valence-electron chi connectivity index (χ3n) is 12.4. The molecule has 0 bridgehead atoms. The summed E-state index contributed by atoms with van der Waals surface area (Å²) in [5.41, 5.74) is 4.23. The Kier molecular flexibility index (Phi) is 15.6. The maximum Gasteiger partial charge on any atom is 0.115 e. The molecule has 1 saturated heterocycles. The third-order valence-corrected chi connectivity index (χ3v) is 12.9. The summed E-state index contributed by atoms with van der Waals surface area (Å²) < 4.78 is 55.0. The molecule has 0 radical (unpaired) electrons. The van der Waals surface area contributed by atoms with E-state index in [1.807, 2.05) is 84.9 Å². The number of benzene rings is 5. The molecule has 1 N–H and O–H groups in total. The van der Waals surface area contributed by atoms with Crippen molar-refractivity contribution in [2.24, 2.45) is 0 Å². The van der Waals surface area contributed by atoms with Crippen LogP contribution in [-0.4, -0.2) is 85.5 Å². The van der Waals surface area contributed by atoms with E-state index in [4.69, 9.17) is 37.9 Å². The van der Waals surface area contributed by atoms with Crippen molar-refractivity contribution < 1.29 is 43.0 Å². The molecular formula is C54H57BrO9. The van der Waals surface area contributed by atoms with Crippen molar-refractivity contribution in [3.8, 4) is 0 Å². The first-order valence-electron chi connectivity index (χ1n) is 22.5. The van der Waals surface area contributed by atoms with E-state index >= 15 is 0 Å². The zero-order valence-electron chi connectivity index (χ0n) is 35.9. The van der Waals surface area contributed by atoms with Gasteiger partial charge >= 0.3 is 0 Å². The maximum absolute atomic E-state index is 11.9. The lowest BCUT2D eigenvalue weighted by atomic mass is 9.89. The number of rotatable bonds is 15. The van der Waals surface area contributed by atoms with Gasteiger partial charge in [0.15, 0.2) is 0 Å². The standard InChI is InChI=1S/C54H57BrO9/c55-43-25-22-39(23-26-43)34-61-54-52-48(18-9-10-29-58-52)64-50(53(54)60-35-40-21-24-41-16-7-8-17-42(41)30-40)31-49-44(56)27-28-47-46(62-49)20-11-19-45(59-33-38-14-5-2-6-15-38)51(63-47)36-57-32-37-12-3-1-4-13-37/h1-17,19,21-28,30,44-54,56H,18,20,29,31-36H2/b19-11-/t44?,45-,46+,47-,48-,49+,50+,51+,52-,53+,54+/m0/s1. The average Bonchev–Trinajstić information content (AvgIpc) is 3.64. The molecule has 9 rings (SSSR count). The zero-order valence-corrected chi connectivity index (χ0v) is 37.5. The van der Waals surface area contributed by atoms with Gasteiger partial charge in [-0.2, -0.15) is 0 Å². The van der Waals surface area contributed by atoms with Crippen LogP contribution in [-0.2, 0) is 64.3 Å². The van der Waals surface area contributed by atoms with Crippen molar-refractivity contribution in [1.29, 1.82) is 0 Å². The monoisotopic (exact) mass is 928 g/mol. The molecule has 1 fully saturated rings. The van der Waals surface area contributed by atoms with Crippen LogP contribution in [0.4, 0.5) is 0 Å². The Bertz CT molecular complexity index is 2300. The Balaban J connectivity index is 0.956. The van der Waals surface area contributed by atoms with Gasteiger partial charge in [-0.1, -0.05) is 162 Å². The van der Waals surface area contributed by atoms with E-state index in [2.05, 4.69) is 88.8 Å². The first-order chi connectivity index (χ1) is 31.5. The summed E-state index contributed by atoms with van der Waals surface area (Å²) >= 11 is 3.56. The highest BCUT2D eigenvalue weighted by Gasteiger charge is 2.49. The normalized spacial score (nSPS) is 29.8. The van der Waals surface area contributed by atoms with E-state index in [0.717, 1.165) is 32.1 Å². The number of halogens is 1. The highest BCUT2D eigenvalue weighted by atomic mass is 79.9. The first-order valence-corrected chi connectivity index (χ1v) is 23.3. The smallest absolute Gasteiger partial charge is 0.115 e. The summed E-state index contributed by atoms with van der Waals surface area (Å²) in [5.74, 6) is 0. The molecule has 0 saturated carbocycles. The summed E-state index contributed by atoms with van der Waals surface area (Å²) in [6, 6.07) is 43.1. The van der Waals surface area contributed by atoms with Crippen LogP contribution in [0.5, 0.6) is 0 Å². The van der Waals surface area contributed by atoms with E-state index in [0.29, 0.717) is 58.9 Å². The second-order valence-corrected chi connectivity index (χ2v) is 17.9. The van der Waals surface area contributed by atoms with Gasteiger partial charge in [0.1, 0.15) is 36.6 Å².